The molecule has 0 aliphatic rings. The summed E-state index contributed by atoms with van der Waals surface area (Å²) in [4.78, 5) is 22.1. The quantitative estimate of drug-likeness (QED) is 0.564. The molecule has 8 heteroatoms. The van der Waals surface area contributed by atoms with Gasteiger partial charge in [0.25, 0.3) is 0 Å². The minimum Gasteiger partial charge on any atom is -0.481 e. The van der Waals surface area contributed by atoms with Crippen LogP contribution in [0.1, 0.15) is 37.8 Å². The van der Waals surface area contributed by atoms with Crippen LogP contribution in [0.2, 0.25) is 0 Å². The number of anilines is 1. The van der Waals surface area contributed by atoms with Crippen LogP contribution in [0.5, 0.6) is 0 Å². The number of alkyl halides is 3. The average molecular weight is 427 g/mol. The molecule has 0 radical (unpaired) electrons. The van der Waals surface area contributed by atoms with E-state index in [2.05, 4.69) is 36.5 Å². The number of carboxylic acid groups (broad SMARTS) is 1. The zero-order valence-corrected chi connectivity index (χ0v) is 16.8. The standard InChI is InChI=1S/C14H15F4NO3.C8H10/c1-8(13(21)22)6-9-2-3-10(15)11(7-9)19-12(20)4-5-14(16,17)18;1-2-8-6-4-3-5-7-8/h2-3,7-8H,4-6H2,1H3,(H,19,20)(H,21,22);3-7H,2H2,1H3. The number of carbonyl (C=O) groups is 2. The zero-order valence-electron chi connectivity index (χ0n) is 16.8. The van der Waals surface area contributed by atoms with Gasteiger partial charge in [-0.15, -0.1) is 0 Å². The lowest BCUT2D eigenvalue weighted by Crippen LogP contribution is -2.17. The first-order valence-corrected chi connectivity index (χ1v) is 9.43. The fourth-order valence-corrected chi connectivity index (χ4v) is 2.42. The van der Waals surface area contributed by atoms with Crippen molar-refractivity contribution in [2.75, 3.05) is 5.32 Å². The summed E-state index contributed by atoms with van der Waals surface area (Å²) in [5, 5.41) is 10.9. The predicted octanol–water partition coefficient (Wildman–Crippen LogP) is 5.62. The number of hydrogen-bond donors (Lipinski definition) is 2. The van der Waals surface area contributed by atoms with Gasteiger partial charge in [-0.1, -0.05) is 50.2 Å². The molecule has 0 bridgehead atoms. The number of aryl methyl sites for hydroxylation is 1. The highest BCUT2D eigenvalue weighted by atomic mass is 19.4. The van der Waals surface area contributed by atoms with Gasteiger partial charge in [-0.3, -0.25) is 9.59 Å². The highest BCUT2D eigenvalue weighted by Gasteiger charge is 2.28. The maximum absolute atomic E-state index is 13.5. The Labute approximate surface area is 172 Å². The lowest BCUT2D eigenvalue weighted by atomic mass is 10.0. The van der Waals surface area contributed by atoms with Crippen LogP contribution in [0.25, 0.3) is 0 Å². The first-order valence-electron chi connectivity index (χ1n) is 9.43. The lowest BCUT2D eigenvalue weighted by Gasteiger charge is -2.11. The molecule has 2 aromatic carbocycles. The molecule has 2 aromatic rings. The van der Waals surface area contributed by atoms with Gasteiger partial charge in [0.05, 0.1) is 18.0 Å². The normalized spacial score (nSPS) is 11.8. The number of hydrogen-bond acceptors (Lipinski definition) is 2. The Morgan fingerprint density at radius 1 is 1.07 bits per heavy atom. The van der Waals surface area contributed by atoms with Gasteiger partial charge in [-0.25, -0.2) is 4.39 Å². The number of halogens is 4. The summed E-state index contributed by atoms with van der Waals surface area (Å²) in [7, 11) is 0. The first kappa shape index (κ1) is 25.1. The molecule has 1 atom stereocenters. The van der Waals surface area contributed by atoms with Gasteiger partial charge in [-0.2, -0.15) is 13.2 Å². The van der Waals surface area contributed by atoms with Crippen LogP contribution in [0.15, 0.2) is 48.5 Å². The molecule has 0 aliphatic heterocycles. The minimum atomic E-state index is -4.46. The van der Waals surface area contributed by atoms with Crippen molar-refractivity contribution in [2.24, 2.45) is 5.92 Å². The van der Waals surface area contributed by atoms with E-state index in [9.17, 15) is 27.2 Å². The summed E-state index contributed by atoms with van der Waals surface area (Å²) in [6.45, 7) is 3.63. The Hall–Kier alpha value is -2.90. The number of carbonyl (C=O) groups excluding carboxylic acids is 1. The van der Waals surface area contributed by atoms with Gasteiger partial charge < -0.3 is 10.4 Å². The second-order valence-electron chi connectivity index (χ2n) is 6.76. The van der Waals surface area contributed by atoms with Gasteiger partial charge in [-0.05, 0) is 36.1 Å². The van der Waals surface area contributed by atoms with E-state index in [1.54, 1.807) is 0 Å². The van der Waals surface area contributed by atoms with E-state index in [1.807, 2.05) is 6.07 Å². The van der Waals surface area contributed by atoms with Gasteiger partial charge in [0.15, 0.2) is 0 Å². The predicted molar refractivity (Wildman–Crippen MR) is 107 cm³/mol. The molecule has 1 amide bonds. The summed E-state index contributed by atoms with van der Waals surface area (Å²) in [5.41, 5.74) is 1.61. The van der Waals surface area contributed by atoms with E-state index < -0.39 is 42.6 Å². The van der Waals surface area contributed by atoms with Crippen molar-refractivity contribution >= 4 is 17.6 Å². The van der Waals surface area contributed by atoms with Crippen LogP contribution in [0.4, 0.5) is 23.2 Å². The van der Waals surface area contributed by atoms with Crippen molar-refractivity contribution in [3.05, 3.63) is 65.5 Å². The molecular weight excluding hydrogens is 402 g/mol. The topological polar surface area (TPSA) is 66.4 Å². The molecule has 0 fully saturated rings. The maximum Gasteiger partial charge on any atom is 0.389 e. The molecule has 4 nitrogen and oxygen atoms in total. The van der Waals surface area contributed by atoms with Crippen LogP contribution in [-0.2, 0) is 22.4 Å². The van der Waals surface area contributed by atoms with Gasteiger partial charge in [0.1, 0.15) is 5.82 Å². The molecule has 0 heterocycles. The molecular formula is C22H25F4NO3. The van der Waals surface area contributed by atoms with E-state index in [0.29, 0.717) is 5.56 Å². The number of amides is 1. The molecule has 2 N–H and O–H groups in total. The summed E-state index contributed by atoms with van der Waals surface area (Å²) in [5.74, 6) is -3.49. The zero-order chi connectivity index (χ0) is 22.7. The van der Waals surface area contributed by atoms with Crippen LogP contribution >= 0.6 is 0 Å². The molecule has 0 saturated carbocycles. The first-order chi connectivity index (χ1) is 14.0. The largest absolute Gasteiger partial charge is 0.481 e. The smallest absolute Gasteiger partial charge is 0.389 e. The summed E-state index contributed by atoms with van der Waals surface area (Å²) >= 11 is 0. The molecule has 0 spiro atoms. The monoisotopic (exact) mass is 427 g/mol. The Bertz CT molecular complexity index is 823. The summed E-state index contributed by atoms with van der Waals surface area (Å²) < 4.78 is 49.6. The fourth-order valence-electron chi connectivity index (χ4n) is 2.42. The Balaban J connectivity index is 0.000000467. The minimum absolute atomic E-state index is 0.112. The number of benzene rings is 2. The maximum atomic E-state index is 13.5. The van der Waals surface area contributed by atoms with E-state index in [1.165, 1.54) is 24.6 Å². The fraction of sp³-hybridized carbons (Fsp3) is 0.364. The van der Waals surface area contributed by atoms with Crippen LogP contribution in [-0.4, -0.2) is 23.2 Å². The van der Waals surface area contributed by atoms with E-state index in [0.717, 1.165) is 12.5 Å². The molecule has 1 unspecified atom stereocenters. The van der Waals surface area contributed by atoms with E-state index in [-0.39, 0.29) is 12.1 Å². The molecule has 0 aliphatic carbocycles. The van der Waals surface area contributed by atoms with Crippen LogP contribution in [0.3, 0.4) is 0 Å². The summed E-state index contributed by atoms with van der Waals surface area (Å²) in [6, 6.07) is 14.1. The van der Waals surface area contributed by atoms with Gasteiger partial charge >= 0.3 is 12.1 Å². The molecule has 0 saturated heterocycles. The highest BCUT2D eigenvalue weighted by Crippen LogP contribution is 2.23. The third-order valence-corrected chi connectivity index (χ3v) is 4.15. The van der Waals surface area contributed by atoms with Crippen molar-refractivity contribution in [2.45, 2.75) is 45.7 Å². The Kier molecular flexibility index (Phi) is 10.0. The SMILES string of the molecule is CC(Cc1ccc(F)c(NC(=O)CCC(F)(F)F)c1)C(=O)O.CCc1ccccc1. The number of nitrogens with one attached hydrogen (secondary N) is 1. The molecule has 2 rings (SSSR count). The van der Waals surface area contributed by atoms with Gasteiger partial charge in [0, 0.05) is 6.42 Å². The third kappa shape index (κ3) is 10.0. The van der Waals surface area contributed by atoms with E-state index >= 15 is 0 Å². The van der Waals surface area contributed by atoms with Crippen LogP contribution < -0.4 is 5.32 Å². The molecule has 0 aromatic heterocycles. The highest BCUT2D eigenvalue weighted by molar-refractivity contribution is 5.90. The number of aliphatic carboxylic acids is 1. The second kappa shape index (κ2) is 11.9. The average Bonchev–Trinajstić information content (AvgIpc) is 2.69. The van der Waals surface area contributed by atoms with Crippen molar-refractivity contribution in [1.82, 2.24) is 0 Å². The lowest BCUT2D eigenvalue weighted by molar-refractivity contribution is -0.142. The second-order valence-corrected chi connectivity index (χ2v) is 6.76. The third-order valence-electron chi connectivity index (χ3n) is 4.15. The molecule has 30 heavy (non-hydrogen) atoms. The van der Waals surface area contributed by atoms with Crippen molar-refractivity contribution in [3.8, 4) is 0 Å². The van der Waals surface area contributed by atoms with Gasteiger partial charge in [0.2, 0.25) is 5.91 Å². The van der Waals surface area contributed by atoms with Crippen LogP contribution in [0, 0.1) is 11.7 Å². The van der Waals surface area contributed by atoms with Crippen molar-refractivity contribution < 1.29 is 32.3 Å². The van der Waals surface area contributed by atoms with E-state index in [4.69, 9.17) is 5.11 Å². The summed E-state index contributed by atoms with van der Waals surface area (Å²) in [6.07, 6.45) is -5.31. The number of carboxylic acids is 1. The molecule has 164 valence electrons. The Morgan fingerprint density at radius 3 is 2.20 bits per heavy atom. The van der Waals surface area contributed by atoms with Crippen molar-refractivity contribution in [3.63, 3.8) is 0 Å². The Morgan fingerprint density at radius 2 is 1.70 bits per heavy atom. The number of rotatable bonds is 7. The van der Waals surface area contributed by atoms with Crippen molar-refractivity contribution in [1.29, 1.82) is 0 Å².